The van der Waals surface area contributed by atoms with Gasteiger partial charge in [0.1, 0.15) is 22.7 Å². The maximum absolute atomic E-state index is 14.6. The summed E-state index contributed by atoms with van der Waals surface area (Å²) in [7, 11) is -7.99. The molecule has 2 fully saturated rings. The summed E-state index contributed by atoms with van der Waals surface area (Å²) < 4.78 is 58.4. The van der Waals surface area contributed by atoms with E-state index in [1.165, 1.54) is 0 Å². The molecule has 3 amide bonds. The topological polar surface area (TPSA) is 266 Å². The first-order valence-electron chi connectivity index (χ1n) is 31.1. The van der Waals surface area contributed by atoms with Crippen molar-refractivity contribution in [1.82, 2.24) is 15.1 Å². The highest BCUT2D eigenvalue weighted by Gasteiger charge is 2.55. The Balaban J connectivity index is 0.000000264. The Labute approximate surface area is 559 Å². The van der Waals surface area contributed by atoms with Crippen LogP contribution in [0.15, 0.2) is 94.9 Å². The van der Waals surface area contributed by atoms with E-state index in [1.807, 2.05) is 34.1 Å². The third-order valence-electron chi connectivity index (χ3n) is 17.8. The van der Waals surface area contributed by atoms with Crippen LogP contribution in [0.1, 0.15) is 215 Å². The van der Waals surface area contributed by atoms with Crippen LogP contribution >= 0.6 is 46.4 Å². The van der Waals surface area contributed by atoms with Crippen molar-refractivity contribution in [3.63, 3.8) is 0 Å². The Kier molecular flexibility index (Phi) is 24.6. The zero-order valence-corrected chi connectivity index (χ0v) is 59.2. The molecule has 6 N–H and O–H groups in total. The van der Waals surface area contributed by atoms with E-state index in [9.17, 15) is 41.1 Å². The maximum atomic E-state index is 14.6. The minimum absolute atomic E-state index is 0.00905. The molecule has 0 bridgehead atoms. The van der Waals surface area contributed by atoms with Gasteiger partial charge in [-0.3, -0.25) is 33.5 Å². The molecule has 0 radical (unpaired) electrons. The van der Waals surface area contributed by atoms with E-state index in [0.717, 1.165) is 81.8 Å². The van der Waals surface area contributed by atoms with E-state index in [0.29, 0.717) is 66.5 Å². The number of carboxylic acids is 1. The van der Waals surface area contributed by atoms with Crippen LogP contribution in [0, 0.1) is 33.5 Å². The molecule has 0 aromatic heterocycles. The molecule has 500 valence electrons. The first-order chi connectivity index (χ1) is 41.9. The second-order valence-corrected chi connectivity index (χ2v) is 34.1. The highest BCUT2D eigenvalue weighted by atomic mass is 35.5. The van der Waals surface area contributed by atoms with Crippen molar-refractivity contribution in [2.75, 3.05) is 24.6 Å². The number of benzene rings is 4. The molecule has 2 heterocycles. The van der Waals surface area contributed by atoms with Crippen LogP contribution in [0.5, 0.6) is 0 Å². The number of carboxylic acid groups (broad SMARTS) is 1. The average Bonchev–Trinajstić information content (AvgIpc) is 1.61. The molecule has 4 aromatic rings. The summed E-state index contributed by atoms with van der Waals surface area (Å²) in [6.45, 7) is 26.5. The second-order valence-electron chi connectivity index (χ2n) is 29.2. The summed E-state index contributed by atoms with van der Waals surface area (Å²) in [5.74, 6) is -1.57. The monoisotopic (exact) mass is 1370 g/mol. The minimum Gasteiger partial charge on any atom is -0.478 e. The number of carbonyl (C=O) groups is 4. The van der Waals surface area contributed by atoms with Crippen LogP contribution in [0.2, 0.25) is 20.1 Å². The van der Waals surface area contributed by atoms with Crippen molar-refractivity contribution in [2.45, 2.75) is 184 Å². The second kappa shape index (κ2) is 29.8. The van der Waals surface area contributed by atoms with Gasteiger partial charge in [-0.25, -0.2) is 4.79 Å². The molecule has 4 aromatic carbocycles. The third-order valence-corrected chi connectivity index (χ3v) is 20.1. The molecule has 91 heavy (non-hydrogen) atoms. The molecule has 8 rings (SSSR count). The predicted molar refractivity (Wildman–Crippen MR) is 365 cm³/mol. The van der Waals surface area contributed by atoms with Crippen molar-refractivity contribution in [2.24, 2.45) is 49.2 Å². The number of halogens is 4. The summed E-state index contributed by atoms with van der Waals surface area (Å²) in [5.41, 5.74) is 8.17. The number of hydrogen-bond donors (Lipinski definition) is 5. The van der Waals surface area contributed by atoms with Crippen molar-refractivity contribution in [3.8, 4) is 0 Å². The summed E-state index contributed by atoms with van der Waals surface area (Å²) in [6.07, 6.45) is 10.0. The van der Waals surface area contributed by atoms with Gasteiger partial charge >= 0.3 is 5.97 Å². The molecule has 2 saturated carbocycles. The first-order valence-corrected chi connectivity index (χ1v) is 35.8. The molecule has 2 aliphatic carbocycles. The molecule has 0 saturated heterocycles. The fraction of sp³-hybridized carbons (Fsp3) is 0.559. The Hall–Kier alpha value is -4.96. The van der Waals surface area contributed by atoms with Crippen molar-refractivity contribution in [3.05, 3.63) is 138 Å². The van der Waals surface area contributed by atoms with Gasteiger partial charge in [-0.15, -0.1) is 0 Å². The van der Waals surface area contributed by atoms with E-state index in [-0.39, 0.29) is 70.0 Å². The zero-order valence-electron chi connectivity index (χ0n) is 54.5. The van der Waals surface area contributed by atoms with E-state index in [4.69, 9.17) is 71.2 Å². The Morgan fingerprint density at radius 3 is 1.18 bits per heavy atom. The smallest absolute Gasteiger partial charge is 0.335 e. The van der Waals surface area contributed by atoms with Gasteiger partial charge in [0.05, 0.1) is 29.2 Å². The van der Waals surface area contributed by atoms with Gasteiger partial charge < -0.3 is 26.0 Å². The summed E-state index contributed by atoms with van der Waals surface area (Å²) in [6, 6.07) is 23.8. The standard InChI is InChI=1S/C34H45Cl2N3O5S.C32H40Cl2N2O3.C2H7NO3S/c1-32(2,3)14-13-28(22-7-9-23(10-8-22)30(40)37-17-18-45(42,43)44)39-31(41)29(24-19-26(35)21-27(36)20-24)38-34(39)15-11-25(12-16-34)33(4,5)6;1-30(2,3)14-13-26(20-7-9-21(10-8-20)29(38)39)36-28(37)27(22-17-24(33)19-25(34)18-22)35-32(36)15-11-23(12-16-32)31(4,5)6;3-1-2-7(4,5)6/h7-10,19-21,25,28H,11-18H2,1-6H3,(H,37,40)(H,42,43,44);7-10,17-19,23,26H,11-16H2,1-6H3,(H,38,39);1-3H2,(H,4,5,6)/t25?,28-,34?;23?,26-,32?;/m11./s1. The minimum atomic E-state index is -4.19. The molecular weight excluding hydrogens is 1280 g/mol. The Morgan fingerprint density at radius 1 is 0.571 bits per heavy atom. The molecule has 23 heteroatoms. The lowest BCUT2D eigenvalue weighted by Gasteiger charge is -2.47. The van der Waals surface area contributed by atoms with Crippen molar-refractivity contribution in [1.29, 1.82) is 0 Å². The molecule has 2 aliphatic heterocycles. The Morgan fingerprint density at radius 2 is 0.901 bits per heavy atom. The number of carbonyl (C=O) groups excluding carboxylic acids is 3. The van der Waals surface area contributed by atoms with Gasteiger partial charge in [-0.05, 0) is 182 Å². The lowest BCUT2D eigenvalue weighted by Crippen LogP contribution is -2.51. The normalized spacial score (nSPS) is 21.4. The van der Waals surface area contributed by atoms with Gasteiger partial charge in [-0.1, -0.05) is 154 Å². The lowest BCUT2D eigenvalue weighted by atomic mass is 9.69. The molecular formula is C68H92Cl4N6O11S2. The van der Waals surface area contributed by atoms with Crippen molar-refractivity contribution >= 4 is 102 Å². The van der Waals surface area contributed by atoms with Gasteiger partial charge in [0.25, 0.3) is 38.0 Å². The maximum Gasteiger partial charge on any atom is 0.335 e. The number of rotatable bonds is 17. The molecule has 4 aliphatic rings. The van der Waals surface area contributed by atoms with Gasteiger partial charge in [-0.2, -0.15) is 16.8 Å². The quantitative estimate of drug-likeness (QED) is 0.0618. The van der Waals surface area contributed by atoms with Gasteiger partial charge in [0, 0.05) is 49.9 Å². The summed E-state index contributed by atoms with van der Waals surface area (Å²) in [5, 5.41) is 13.8. The largest absolute Gasteiger partial charge is 0.478 e. The van der Waals surface area contributed by atoms with Gasteiger partial charge in [0.15, 0.2) is 0 Å². The molecule has 0 unspecified atom stereocenters. The van der Waals surface area contributed by atoms with Crippen LogP contribution in [0.25, 0.3) is 0 Å². The summed E-state index contributed by atoms with van der Waals surface area (Å²) >= 11 is 25.4. The summed E-state index contributed by atoms with van der Waals surface area (Å²) in [4.78, 5) is 67.7. The van der Waals surface area contributed by atoms with Crippen LogP contribution in [0.4, 0.5) is 0 Å². The fourth-order valence-corrected chi connectivity index (χ4v) is 14.4. The molecule has 2 spiro atoms. The number of nitrogens with two attached hydrogens (primary N) is 1. The van der Waals surface area contributed by atoms with Crippen LogP contribution in [0.3, 0.4) is 0 Å². The predicted octanol–water partition coefficient (Wildman–Crippen LogP) is 15.4. The van der Waals surface area contributed by atoms with E-state index < -0.39 is 49.2 Å². The SMILES string of the molecule is CC(C)(C)CC[C@H](c1ccc(C(=O)NCCS(=O)(=O)O)cc1)N1C(=O)C(c2cc(Cl)cc(Cl)c2)=NC12CCC(C(C)(C)C)CC2.CC(C)(C)CC[C@H](c1ccc(C(=O)O)cc1)N1C(=O)C(c2cc(Cl)cc(Cl)c2)=NC12CCC(C(C)(C)C)CC2.NCCS(=O)(=O)O. The highest BCUT2D eigenvalue weighted by molar-refractivity contribution is 7.86. The van der Waals surface area contributed by atoms with E-state index >= 15 is 0 Å². The van der Waals surface area contributed by atoms with Crippen LogP contribution < -0.4 is 11.1 Å². The number of hydrogen-bond acceptors (Lipinski definition) is 11. The highest BCUT2D eigenvalue weighted by Crippen LogP contribution is 2.53. The Bertz CT molecular complexity index is 3520. The van der Waals surface area contributed by atoms with E-state index in [1.54, 1.807) is 60.7 Å². The van der Waals surface area contributed by atoms with Crippen LogP contribution in [-0.4, -0.2) is 112 Å². The first kappa shape index (κ1) is 75.1. The molecule has 17 nitrogen and oxygen atoms in total. The number of nitrogens with one attached hydrogen (secondary N) is 1. The number of amides is 3. The van der Waals surface area contributed by atoms with Crippen molar-refractivity contribution < 1.29 is 50.2 Å². The molecule has 2 atom stereocenters. The average molecular weight is 1380 g/mol. The fourth-order valence-electron chi connectivity index (χ4n) is 12.7. The number of aromatic carboxylic acids is 1. The van der Waals surface area contributed by atoms with E-state index in [2.05, 4.69) is 88.4 Å². The zero-order chi connectivity index (χ0) is 68.0. The lowest BCUT2D eigenvalue weighted by molar-refractivity contribution is -0.134. The third kappa shape index (κ3) is 20.8. The number of nitrogens with zero attached hydrogens (tertiary/aromatic N) is 4. The van der Waals surface area contributed by atoms with Crippen LogP contribution in [-0.2, 0) is 29.8 Å². The van der Waals surface area contributed by atoms with Gasteiger partial charge in [0.2, 0.25) is 0 Å². The number of aliphatic imine (C=N–C) groups is 2.